The Morgan fingerprint density at radius 3 is 2.77 bits per heavy atom. The fourth-order valence-electron chi connectivity index (χ4n) is 0.848. The average Bonchev–Trinajstić information content (AvgIpc) is 2.10. The molecule has 0 aliphatic heterocycles. The minimum atomic E-state index is -0.647. The second kappa shape index (κ2) is 4.07. The first-order valence-corrected chi connectivity index (χ1v) is 4.72. The van der Waals surface area contributed by atoms with Gasteiger partial charge in [-0.2, -0.15) is 0 Å². The summed E-state index contributed by atoms with van der Waals surface area (Å²) in [6.07, 6.45) is 0. The monoisotopic (exact) mass is 265 g/mol. The Balaban J connectivity index is 3.23. The Hall–Kier alpha value is -0.610. The van der Waals surface area contributed by atoms with Crippen molar-refractivity contribution in [3.05, 3.63) is 28.0 Å². The van der Waals surface area contributed by atoms with E-state index >= 15 is 0 Å². The van der Waals surface area contributed by atoms with E-state index in [1.54, 1.807) is 0 Å². The first-order valence-electron chi connectivity index (χ1n) is 3.40. The molecule has 1 rings (SSSR count). The van der Waals surface area contributed by atoms with Crippen LogP contribution in [0.2, 0.25) is 0 Å². The van der Waals surface area contributed by atoms with E-state index in [9.17, 15) is 9.18 Å². The summed E-state index contributed by atoms with van der Waals surface area (Å²) < 4.78 is 13.6. The molecule has 0 atom stereocenters. The standard InChI is InChI=1S/C8H6BrClFNO/c9-5-1-4(8(13)3-10)6(11)2-7(5)12/h1-2H,3,12H2. The summed E-state index contributed by atoms with van der Waals surface area (Å²) in [6, 6.07) is 2.42. The molecule has 0 spiro atoms. The molecule has 0 aliphatic rings. The van der Waals surface area contributed by atoms with E-state index < -0.39 is 11.6 Å². The average molecular weight is 266 g/mol. The fourth-order valence-corrected chi connectivity index (χ4v) is 1.34. The molecular formula is C8H6BrClFNO. The van der Waals surface area contributed by atoms with Crippen LogP contribution in [0.1, 0.15) is 10.4 Å². The van der Waals surface area contributed by atoms with Crippen molar-refractivity contribution in [3.63, 3.8) is 0 Å². The maximum atomic E-state index is 13.1. The third kappa shape index (κ3) is 2.19. The van der Waals surface area contributed by atoms with Gasteiger partial charge in [-0.15, -0.1) is 11.6 Å². The molecule has 5 heteroatoms. The predicted octanol–water partition coefficient (Wildman–Crippen LogP) is 2.59. The molecule has 0 radical (unpaired) electrons. The number of carbonyl (C=O) groups excluding carboxylic acids is 1. The maximum Gasteiger partial charge on any atom is 0.180 e. The topological polar surface area (TPSA) is 43.1 Å². The first kappa shape index (κ1) is 10.5. The molecule has 2 N–H and O–H groups in total. The van der Waals surface area contributed by atoms with Gasteiger partial charge in [-0.3, -0.25) is 4.79 Å². The quantitative estimate of drug-likeness (QED) is 0.508. The lowest BCUT2D eigenvalue weighted by Crippen LogP contribution is -2.04. The summed E-state index contributed by atoms with van der Waals surface area (Å²) in [6.45, 7) is 0. The summed E-state index contributed by atoms with van der Waals surface area (Å²) in [5.41, 5.74) is 5.61. The number of nitrogens with two attached hydrogens (primary N) is 1. The Kier molecular flexibility index (Phi) is 3.27. The highest BCUT2D eigenvalue weighted by atomic mass is 79.9. The highest BCUT2D eigenvalue weighted by Crippen LogP contribution is 2.23. The largest absolute Gasteiger partial charge is 0.398 e. The zero-order chi connectivity index (χ0) is 10.0. The molecule has 0 aromatic heterocycles. The zero-order valence-electron chi connectivity index (χ0n) is 6.48. The van der Waals surface area contributed by atoms with Crippen LogP contribution in [-0.4, -0.2) is 11.7 Å². The molecule has 0 heterocycles. The SMILES string of the molecule is Nc1cc(F)c(C(=O)CCl)cc1Br. The Bertz CT molecular complexity index is 356. The number of alkyl halides is 1. The van der Waals surface area contributed by atoms with E-state index in [4.69, 9.17) is 17.3 Å². The van der Waals surface area contributed by atoms with Crippen LogP contribution in [0.4, 0.5) is 10.1 Å². The van der Waals surface area contributed by atoms with Gasteiger partial charge >= 0.3 is 0 Å². The van der Waals surface area contributed by atoms with Gasteiger partial charge in [0.05, 0.1) is 11.4 Å². The van der Waals surface area contributed by atoms with Gasteiger partial charge in [-0.1, -0.05) is 0 Å². The molecule has 70 valence electrons. The molecule has 0 amide bonds. The Morgan fingerprint density at radius 1 is 1.62 bits per heavy atom. The second-order valence-corrected chi connectivity index (χ2v) is 3.53. The molecule has 0 unspecified atom stereocenters. The number of hydrogen-bond acceptors (Lipinski definition) is 2. The summed E-state index contributed by atoms with van der Waals surface area (Å²) in [4.78, 5) is 11.1. The van der Waals surface area contributed by atoms with Gasteiger partial charge in [0.1, 0.15) is 5.82 Å². The molecule has 0 aliphatic carbocycles. The van der Waals surface area contributed by atoms with Crippen LogP contribution in [0.15, 0.2) is 16.6 Å². The highest BCUT2D eigenvalue weighted by molar-refractivity contribution is 9.10. The van der Waals surface area contributed by atoms with Crippen molar-refractivity contribution in [2.24, 2.45) is 0 Å². The summed E-state index contributed by atoms with van der Waals surface area (Å²) >= 11 is 8.38. The smallest absolute Gasteiger partial charge is 0.180 e. The van der Waals surface area contributed by atoms with Crippen LogP contribution in [0.5, 0.6) is 0 Å². The number of rotatable bonds is 2. The van der Waals surface area contributed by atoms with Gasteiger partial charge in [0.2, 0.25) is 0 Å². The van der Waals surface area contributed by atoms with Gasteiger partial charge in [-0.25, -0.2) is 4.39 Å². The van der Waals surface area contributed by atoms with Crippen LogP contribution < -0.4 is 5.73 Å². The Morgan fingerprint density at radius 2 is 2.23 bits per heavy atom. The zero-order valence-corrected chi connectivity index (χ0v) is 8.82. The minimum Gasteiger partial charge on any atom is -0.398 e. The van der Waals surface area contributed by atoms with E-state index in [1.807, 2.05) is 0 Å². The number of Topliss-reactive ketones (excluding diaryl/α,β-unsaturated/α-hetero) is 1. The lowest BCUT2D eigenvalue weighted by Gasteiger charge is -2.03. The number of halogens is 3. The van der Waals surface area contributed by atoms with Crippen molar-refractivity contribution in [1.29, 1.82) is 0 Å². The number of carbonyl (C=O) groups is 1. The van der Waals surface area contributed by atoms with Crippen LogP contribution in [0.3, 0.4) is 0 Å². The molecule has 0 fully saturated rings. The van der Waals surface area contributed by atoms with Gasteiger partial charge in [0.25, 0.3) is 0 Å². The van der Waals surface area contributed by atoms with E-state index in [1.165, 1.54) is 6.07 Å². The van der Waals surface area contributed by atoms with Crippen molar-refractivity contribution in [3.8, 4) is 0 Å². The van der Waals surface area contributed by atoms with Crippen LogP contribution in [0.25, 0.3) is 0 Å². The van der Waals surface area contributed by atoms with Gasteiger partial charge < -0.3 is 5.73 Å². The number of anilines is 1. The number of benzene rings is 1. The summed E-state index contributed by atoms with van der Waals surface area (Å²) in [5.74, 6) is -1.35. The van der Waals surface area contributed by atoms with Crippen LogP contribution in [-0.2, 0) is 0 Å². The van der Waals surface area contributed by atoms with Crippen LogP contribution >= 0.6 is 27.5 Å². The number of hydrogen-bond donors (Lipinski definition) is 1. The van der Waals surface area contributed by atoms with Crippen molar-refractivity contribution >= 4 is 39.0 Å². The van der Waals surface area contributed by atoms with E-state index in [-0.39, 0.29) is 17.1 Å². The Labute approximate surface area is 88.0 Å². The molecule has 0 saturated heterocycles. The molecule has 1 aromatic carbocycles. The fraction of sp³-hybridized carbons (Fsp3) is 0.125. The molecule has 0 saturated carbocycles. The number of ketones is 1. The van der Waals surface area contributed by atoms with Crippen molar-refractivity contribution in [1.82, 2.24) is 0 Å². The summed E-state index contributed by atoms with van der Waals surface area (Å²) in [5, 5.41) is 0. The van der Waals surface area contributed by atoms with E-state index in [2.05, 4.69) is 15.9 Å². The lowest BCUT2D eigenvalue weighted by molar-refractivity contribution is 0.101. The van der Waals surface area contributed by atoms with E-state index in [0.717, 1.165) is 6.07 Å². The van der Waals surface area contributed by atoms with Gasteiger partial charge in [0.15, 0.2) is 5.78 Å². The summed E-state index contributed by atoms with van der Waals surface area (Å²) in [7, 11) is 0. The first-order chi connectivity index (χ1) is 6.06. The van der Waals surface area contributed by atoms with Crippen molar-refractivity contribution in [2.75, 3.05) is 11.6 Å². The highest BCUT2D eigenvalue weighted by Gasteiger charge is 2.12. The second-order valence-electron chi connectivity index (χ2n) is 2.41. The van der Waals surface area contributed by atoms with Crippen molar-refractivity contribution < 1.29 is 9.18 Å². The van der Waals surface area contributed by atoms with E-state index in [0.29, 0.717) is 4.47 Å². The molecule has 2 nitrogen and oxygen atoms in total. The minimum absolute atomic E-state index is 0.0453. The van der Waals surface area contributed by atoms with Gasteiger partial charge in [-0.05, 0) is 28.1 Å². The number of nitrogen functional groups attached to an aromatic ring is 1. The molecule has 0 bridgehead atoms. The molecular weight excluding hydrogens is 260 g/mol. The van der Waals surface area contributed by atoms with Crippen molar-refractivity contribution in [2.45, 2.75) is 0 Å². The maximum absolute atomic E-state index is 13.1. The van der Waals surface area contributed by atoms with Gasteiger partial charge in [0, 0.05) is 10.2 Å². The predicted molar refractivity (Wildman–Crippen MR) is 53.6 cm³/mol. The van der Waals surface area contributed by atoms with Crippen LogP contribution in [0, 0.1) is 5.82 Å². The molecule has 1 aromatic rings. The lowest BCUT2D eigenvalue weighted by atomic mass is 10.1. The third-order valence-corrected chi connectivity index (χ3v) is 2.44. The third-order valence-electron chi connectivity index (χ3n) is 1.51. The molecule has 13 heavy (non-hydrogen) atoms. The normalized spacial score (nSPS) is 10.1.